The number of ether oxygens (including phenoxy) is 3. The number of aliphatic hydroxyl groups excluding tert-OH is 1. The Kier molecular flexibility index (Phi) is 10.0. The summed E-state index contributed by atoms with van der Waals surface area (Å²) < 4.78 is 46.5. The lowest BCUT2D eigenvalue weighted by atomic mass is 9.86. The summed E-state index contributed by atoms with van der Waals surface area (Å²) in [4.78, 5) is 13.5. The highest BCUT2D eigenvalue weighted by molar-refractivity contribution is 7.89. The zero-order chi connectivity index (χ0) is 29.9. The van der Waals surface area contributed by atoms with Crippen molar-refractivity contribution in [2.24, 2.45) is 23.7 Å². The third-order valence-electron chi connectivity index (χ3n) is 8.91. The van der Waals surface area contributed by atoms with Gasteiger partial charge in [-0.3, -0.25) is 4.79 Å². The van der Waals surface area contributed by atoms with Gasteiger partial charge in [0.1, 0.15) is 6.10 Å². The SMILES string of the molecule is Cc1ccc(S(=O)(=O)N(CC(C)C)C[C@@H](O)[C@@H](CC(=O)O[C@@H]2C[C@@H]3OC4OCCCC4[C@@H]3C2)Cc2ccccc2)cc1. The lowest BCUT2D eigenvalue weighted by Gasteiger charge is -2.30. The molecule has 3 aliphatic rings. The molecule has 7 atom stereocenters. The van der Waals surface area contributed by atoms with Crippen LogP contribution in [-0.4, -0.2) is 68.1 Å². The van der Waals surface area contributed by atoms with Crippen LogP contribution >= 0.6 is 0 Å². The molecule has 3 fully saturated rings. The second-order valence-corrected chi connectivity index (χ2v) is 14.7. The van der Waals surface area contributed by atoms with Crippen molar-refractivity contribution in [2.75, 3.05) is 19.7 Å². The number of esters is 1. The Labute approximate surface area is 250 Å². The summed E-state index contributed by atoms with van der Waals surface area (Å²) in [5.74, 6) is -0.129. The van der Waals surface area contributed by atoms with E-state index >= 15 is 0 Å². The van der Waals surface area contributed by atoms with Crippen LogP contribution in [0.4, 0.5) is 0 Å². The van der Waals surface area contributed by atoms with Gasteiger partial charge < -0.3 is 19.3 Å². The van der Waals surface area contributed by atoms with E-state index in [9.17, 15) is 18.3 Å². The van der Waals surface area contributed by atoms with Crippen LogP contribution in [0.1, 0.15) is 57.1 Å². The van der Waals surface area contributed by atoms with Crippen LogP contribution < -0.4 is 0 Å². The molecule has 42 heavy (non-hydrogen) atoms. The van der Waals surface area contributed by atoms with Gasteiger partial charge in [-0.1, -0.05) is 61.9 Å². The quantitative estimate of drug-likeness (QED) is 0.352. The molecule has 2 unspecified atom stereocenters. The smallest absolute Gasteiger partial charge is 0.306 e. The molecule has 2 saturated heterocycles. The Bertz CT molecular complexity index is 1280. The number of carbonyl (C=O) groups excluding carboxylic acids is 1. The minimum Gasteiger partial charge on any atom is -0.462 e. The lowest BCUT2D eigenvalue weighted by molar-refractivity contribution is -0.173. The fourth-order valence-electron chi connectivity index (χ4n) is 6.80. The van der Waals surface area contributed by atoms with Gasteiger partial charge in [0, 0.05) is 38.0 Å². The van der Waals surface area contributed by atoms with E-state index in [1.807, 2.05) is 51.1 Å². The van der Waals surface area contributed by atoms with Gasteiger partial charge in [0.25, 0.3) is 0 Å². The summed E-state index contributed by atoms with van der Waals surface area (Å²) in [6.07, 6.45) is 2.61. The van der Waals surface area contributed by atoms with E-state index in [1.165, 1.54) is 4.31 Å². The third kappa shape index (κ3) is 7.42. The molecule has 1 N–H and O–H groups in total. The van der Waals surface area contributed by atoms with Crippen molar-refractivity contribution in [2.45, 2.75) is 88.8 Å². The number of aliphatic hydroxyl groups is 1. The summed E-state index contributed by atoms with van der Waals surface area (Å²) in [6, 6.07) is 16.4. The average Bonchev–Trinajstić information content (AvgIpc) is 3.50. The molecule has 0 amide bonds. The Balaban J connectivity index is 1.27. The van der Waals surface area contributed by atoms with Crippen molar-refractivity contribution in [3.05, 3.63) is 65.7 Å². The van der Waals surface area contributed by atoms with Crippen molar-refractivity contribution < 1.29 is 32.5 Å². The number of benzene rings is 2. The first-order chi connectivity index (χ1) is 20.1. The lowest BCUT2D eigenvalue weighted by Crippen LogP contribution is -2.43. The number of sulfonamides is 1. The number of hydrogen-bond acceptors (Lipinski definition) is 7. The average molecular weight is 600 g/mol. The summed E-state index contributed by atoms with van der Waals surface area (Å²) in [7, 11) is -3.85. The molecule has 2 aliphatic heterocycles. The van der Waals surface area contributed by atoms with Gasteiger partial charge >= 0.3 is 5.97 Å². The molecule has 1 aliphatic carbocycles. The zero-order valence-electron chi connectivity index (χ0n) is 24.9. The van der Waals surface area contributed by atoms with Crippen molar-refractivity contribution in [3.63, 3.8) is 0 Å². The van der Waals surface area contributed by atoms with Crippen LogP contribution in [0.15, 0.2) is 59.5 Å². The summed E-state index contributed by atoms with van der Waals surface area (Å²) >= 11 is 0. The van der Waals surface area contributed by atoms with Gasteiger partial charge in [-0.05, 0) is 62.1 Å². The highest BCUT2D eigenvalue weighted by atomic mass is 32.2. The minimum absolute atomic E-state index is 0.00197. The maximum Gasteiger partial charge on any atom is 0.306 e. The Morgan fingerprint density at radius 3 is 2.50 bits per heavy atom. The van der Waals surface area contributed by atoms with Gasteiger partial charge in [-0.25, -0.2) is 8.42 Å². The van der Waals surface area contributed by atoms with E-state index in [-0.39, 0.29) is 54.8 Å². The molecular weight excluding hydrogens is 554 g/mol. The number of rotatable bonds is 12. The summed E-state index contributed by atoms with van der Waals surface area (Å²) in [6.45, 7) is 6.70. The second kappa shape index (κ2) is 13.6. The van der Waals surface area contributed by atoms with Gasteiger partial charge in [-0.2, -0.15) is 4.31 Å². The Hall–Kier alpha value is -2.30. The molecule has 0 bridgehead atoms. The first-order valence-corrected chi connectivity index (χ1v) is 16.8. The predicted octanol–water partition coefficient (Wildman–Crippen LogP) is 4.72. The number of carbonyl (C=O) groups is 1. The van der Waals surface area contributed by atoms with Crippen molar-refractivity contribution in [1.82, 2.24) is 4.31 Å². The van der Waals surface area contributed by atoms with Crippen LogP contribution in [0.3, 0.4) is 0 Å². The number of hydrogen-bond donors (Lipinski definition) is 1. The molecule has 0 radical (unpaired) electrons. The van der Waals surface area contributed by atoms with E-state index in [0.29, 0.717) is 24.7 Å². The van der Waals surface area contributed by atoms with E-state index in [4.69, 9.17) is 14.2 Å². The highest BCUT2D eigenvalue weighted by Gasteiger charge is 2.51. The zero-order valence-corrected chi connectivity index (χ0v) is 25.7. The standard InChI is InChI=1S/C33H45NO7S/c1-22(2)20-34(42(37,38)27-13-11-23(3)12-14-27)21-30(35)25(16-24-8-5-4-6-9-24)17-32(36)40-26-18-29-28-10-7-15-39-33(28)41-31(29)19-26/h4-6,8-9,11-14,22,25-26,28-31,33,35H,7,10,15-21H2,1-3H3/t25-,26+,28?,29+,30-,31+,33?/m1/s1. The van der Waals surface area contributed by atoms with Gasteiger partial charge in [0.2, 0.25) is 10.0 Å². The second-order valence-electron chi connectivity index (χ2n) is 12.7. The van der Waals surface area contributed by atoms with Crippen LogP contribution in [0.5, 0.6) is 0 Å². The van der Waals surface area contributed by atoms with E-state index in [1.54, 1.807) is 24.3 Å². The summed E-state index contributed by atoms with van der Waals surface area (Å²) in [5, 5.41) is 11.5. The number of aryl methyl sites for hydroxylation is 1. The van der Waals surface area contributed by atoms with Crippen LogP contribution in [0.25, 0.3) is 0 Å². The topological polar surface area (TPSA) is 102 Å². The number of nitrogens with zero attached hydrogens (tertiary/aromatic N) is 1. The van der Waals surface area contributed by atoms with E-state index in [0.717, 1.165) is 37.0 Å². The molecule has 230 valence electrons. The van der Waals surface area contributed by atoms with Crippen molar-refractivity contribution in [3.8, 4) is 0 Å². The van der Waals surface area contributed by atoms with Crippen LogP contribution in [-0.2, 0) is 35.4 Å². The third-order valence-corrected chi connectivity index (χ3v) is 10.8. The molecule has 0 aromatic heterocycles. The van der Waals surface area contributed by atoms with Crippen molar-refractivity contribution >= 4 is 16.0 Å². The Morgan fingerprint density at radius 1 is 1.05 bits per heavy atom. The normalized spacial score (nSPS) is 27.0. The maximum atomic E-state index is 13.6. The molecular formula is C33H45NO7S. The van der Waals surface area contributed by atoms with Crippen LogP contribution in [0.2, 0.25) is 0 Å². The minimum atomic E-state index is -3.85. The monoisotopic (exact) mass is 599 g/mol. The van der Waals surface area contributed by atoms with Gasteiger partial charge in [-0.15, -0.1) is 0 Å². The molecule has 1 saturated carbocycles. The predicted molar refractivity (Wildman–Crippen MR) is 159 cm³/mol. The molecule has 2 aromatic rings. The van der Waals surface area contributed by atoms with Gasteiger partial charge in [0.15, 0.2) is 6.29 Å². The number of fused-ring (bicyclic) bond motifs is 3. The first kappa shape index (κ1) is 31.1. The van der Waals surface area contributed by atoms with E-state index < -0.39 is 22.0 Å². The van der Waals surface area contributed by atoms with E-state index in [2.05, 4.69) is 0 Å². The Morgan fingerprint density at radius 2 is 1.79 bits per heavy atom. The molecule has 2 heterocycles. The fraction of sp³-hybridized carbons (Fsp3) is 0.606. The highest BCUT2D eigenvalue weighted by Crippen LogP contribution is 2.47. The molecule has 2 aromatic carbocycles. The fourth-order valence-corrected chi connectivity index (χ4v) is 8.42. The van der Waals surface area contributed by atoms with Gasteiger partial charge in [0.05, 0.1) is 23.5 Å². The maximum absolute atomic E-state index is 13.6. The molecule has 9 heteroatoms. The van der Waals surface area contributed by atoms with Crippen LogP contribution in [0, 0.1) is 30.6 Å². The summed E-state index contributed by atoms with van der Waals surface area (Å²) in [5.41, 5.74) is 1.94. The molecule has 0 spiro atoms. The molecule has 5 rings (SSSR count). The first-order valence-electron chi connectivity index (χ1n) is 15.4. The molecule has 8 nitrogen and oxygen atoms in total. The largest absolute Gasteiger partial charge is 0.462 e. The van der Waals surface area contributed by atoms with Crippen molar-refractivity contribution in [1.29, 1.82) is 0 Å².